The second kappa shape index (κ2) is 5.53. The molecule has 1 aromatic carbocycles. The van der Waals surface area contributed by atoms with E-state index in [4.69, 9.17) is 4.74 Å². The molecule has 0 saturated heterocycles. The van der Waals surface area contributed by atoms with Crippen molar-refractivity contribution < 1.29 is 4.74 Å². The maximum absolute atomic E-state index is 5.57. The Morgan fingerprint density at radius 3 is 2.56 bits per heavy atom. The van der Waals surface area contributed by atoms with Gasteiger partial charge in [0.2, 0.25) is 5.88 Å². The fourth-order valence-electron chi connectivity index (χ4n) is 1.21. The summed E-state index contributed by atoms with van der Waals surface area (Å²) in [5.41, 5.74) is 0. The summed E-state index contributed by atoms with van der Waals surface area (Å²) in [7, 11) is 1.87. The third-order valence-corrected chi connectivity index (χ3v) is 2.58. The molecule has 0 atom stereocenters. The Labute approximate surface area is 99.0 Å². The molecule has 2 rings (SSSR count). The summed E-state index contributed by atoms with van der Waals surface area (Å²) in [6.07, 6.45) is 1.78. The van der Waals surface area contributed by atoms with Gasteiger partial charge in [-0.05, 0) is 37.2 Å². The van der Waals surface area contributed by atoms with Gasteiger partial charge >= 0.3 is 0 Å². The number of nitrogens with zero attached hydrogens (tertiary/aromatic N) is 1. The lowest BCUT2D eigenvalue weighted by Crippen LogP contribution is -1.92. The molecule has 0 unspecified atom stereocenters. The van der Waals surface area contributed by atoms with Gasteiger partial charge in [-0.3, -0.25) is 4.72 Å². The molecule has 1 aromatic heterocycles. The average molecular weight is 232 g/mol. The lowest BCUT2D eigenvalue weighted by Gasteiger charge is -2.04. The van der Waals surface area contributed by atoms with Crippen molar-refractivity contribution in [1.82, 2.24) is 9.71 Å². The Morgan fingerprint density at radius 1 is 1.12 bits per heavy atom. The number of hydrogen-bond donors (Lipinski definition) is 1. The number of pyridine rings is 1. The number of rotatable bonds is 4. The van der Waals surface area contributed by atoms with Crippen LogP contribution in [0.4, 0.5) is 0 Å². The quantitative estimate of drug-likeness (QED) is 0.821. The average Bonchev–Trinajstić information content (AvgIpc) is 2.33. The molecular formula is C12H12N2OS. The normalized spacial score (nSPS) is 10.1. The molecule has 4 heteroatoms. The number of aromatic nitrogens is 1. The van der Waals surface area contributed by atoms with Crippen molar-refractivity contribution in [3.05, 3.63) is 48.7 Å². The topological polar surface area (TPSA) is 34.1 Å². The van der Waals surface area contributed by atoms with Gasteiger partial charge in [0.1, 0.15) is 5.75 Å². The highest BCUT2D eigenvalue weighted by molar-refractivity contribution is 7.97. The van der Waals surface area contributed by atoms with Crippen LogP contribution in [0.3, 0.4) is 0 Å². The first-order chi connectivity index (χ1) is 7.88. The van der Waals surface area contributed by atoms with Gasteiger partial charge in [-0.1, -0.05) is 18.2 Å². The second-order valence-electron chi connectivity index (χ2n) is 3.05. The monoisotopic (exact) mass is 232 g/mol. The minimum atomic E-state index is 0.603. The van der Waals surface area contributed by atoms with E-state index >= 15 is 0 Å². The van der Waals surface area contributed by atoms with Crippen LogP contribution >= 0.6 is 11.9 Å². The van der Waals surface area contributed by atoms with Gasteiger partial charge in [-0.2, -0.15) is 0 Å². The Hall–Kier alpha value is -1.52. The van der Waals surface area contributed by atoms with Gasteiger partial charge in [0, 0.05) is 17.2 Å². The first kappa shape index (κ1) is 11.0. The van der Waals surface area contributed by atoms with Gasteiger partial charge in [0.05, 0.1) is 0 Å². The number of para-hydroxylation sites is 1. The van der Waals surface area contributed by atoms with Crippen molar-refractivity contribution in [2.24, 2.45) is 0 Å². The standard InChI is InChI=1S/C12H12N2OS/c1-13-16-11-7-8-12(14-9-11)15-10-5-3-2-4-6-10/h2-9,13H,1H3. The molecule has 0 aliphatic carbocycles. The predicted octanol–water partition coefficient (Wildman–Crippen LogP) is 3.10. The van der Waals surface area contributed by atoms with Gasteiger partial charge < -0.3 is 4.74 Å². The summed E-state index contributed by atoms with van der Waals surface area (Å²) in [6.45, 7) is 0. The van der Waals surface area contributed by atoms with Crippen LogP contribution in [-0.4, -0.2) is 12.0 Å². The lowest BCUT2D eigenvalue weighted by atomic mass is 10.3. The minimum absolute atomic E-state index is 0.603. The molecule has 1 heterocycles. The van der Waals surface area contributed by atoms with Crippen molar-refractivity contribution in [1.29, 1.82) is 0 Å². The molecule has 3 nitrogen and oxygen atoms in total. The molecule has 16 heavy (non-hydrogen) atoms. The molecule has 82 valence electrons. The van der Waals surface area contributed by atoms with Crippen LogP contribution in [0.2, 0.25) is 0 Å². The summed E-state index contributed by atoms with van der Waals surface area (Å²) < 4.78 is 8.56. The van der Waals surface area contributed by atoms with E-state index in [2.05, 4.69) is 9.71 Å². The van der Waals surface area contributed by atoms with E-state index in [1.54, 1.807) is 6.20 Å². The second-order valence-corrected chi connectivity index (χ2v) is 4.14. The SMILES string of the molecule is CNSc1ccc(Oc2ccccc2)nc1. The molecule has 0 aliphatic rings. The number of benzene rings is 1. The Kier molecular flexibility index (Phi) is 3.80. The first-order valence-corrected chi connectivity index (χ1v) is 5.72. The van der Waals surface area contributed by atoms with E-state index in [-0.39, 0.29) is 0 Å². The molecule has 1 N–H and O–H groups in total. The number of ether oxygens (including phenoxy) is 1. The highest BCUT2D eigenvalue weighted by Gasteiger charge is 1.98. The third-order valence-electron chi connectivity index (χ3n) is 1.89. The summed E-state index contributed by atoms with van der Waals surface area (Å²) in [5.74, 6) is 1.40. The zero-order valence-corrected chi connectivity index (χ0v) is 9.70. The molecule has 0 radical (unpaired) electrons. The molecule has 0 bridgehead atoms. The van der Waals surface area contributed by atoms with Crippen LogP contribution in [0.1, 0.15) is 0 Å². The fraction of sp³-hybridized carbons (Fsp3) is 0.0833. The van der Waals surface area contributed by atoms with Gasteiger partial charge in [-0.15, -0.1) is 0 Å². The zero-order chi connectivity index (χ0) is 11.2. The zero-order valence-electron chi connectivity index (χ0n) is 8.88. The number of hydrogen-bond acceptors (Lipinski definition) is 4. The van der Waals surface area contributed by atoms with E-state index in [1.165, 1.54) is 11.9 Å². The van der Waals surface area contributed by atoms with Crippen LogP contribution in [0, 0.1) is 0 Å². The first-order valence-electron chi connectivity index (χ1n) is 4.91. The van der Waals surface area contributed by atoms with Crippen molar-refractivity contribution in [2.75, 3.05) is 7.05 Å². The summed E-state index contributed by atoms with van der Waals surface area (Å²) in [6, 6.07) is 13.4. The van der Waals surface area contributed by atoms with Crippen molar-refractivity contribution in [2.45, 2.75) is 4.90 Å². The molecule has 0 fully saturated rings. The van der Waals surface area contributed by atoms with Gasteiger partial charge in [-0.25, -0.2) is 4.98 Å². The largest absolute Gasteiger partial charge is 0.439 e. The van der Waals surface area contributed by atoms with E-state index in [0.717, 1.165) is 10.6 Å². The van der Waals surface area contributed by atoms with Crippen LogP contribution in [0.25, 0.3) is 0 Å². The van der Waals surface area contributed by atoms with E-state index in [9.17, 15) is 0 Å². The summed E-state index contributed by atoms with van der Waals surface area (Å²) >= 11 is 1.52. The van der Waals surface area contributed by atoms with E-state index in [1.807, 2.05) is 49.5 Å². The van der Waals surface area contributed by atoms with Crippen LogP contribution in [0.15, 0.2) is 53.6 Å². The number of nitrogens with one attached hydrogen (secondary N) is 1. The molecule has 0 saturated carbocycles. The minimum Gasteiger partial charge on any atom is -0.439 e. The van der Waals surface area contributed by atoms with Crippen molar-refractivity contribution in [3.8, 4) is 11.6 Å². The van der Waals surface area contributed by atoms with Crippen molar-refractivity contribution in [3.63, 3.8) is 0 Å². The highest BCUT2D eigenvalue weighted by Crippen LogP contribution is 2.20. The molecular weight excluding hydrogens is 220 g/mol. The van der Waals surface area contributed by atoms with Gasteiger partial charge in [0.25, 0.3) is 0 Å². The smallest absolute Gasteiger partial charge is 0.219 e. The van der Waals surface area contributed by atoms with Crippen molar-refractivity contribution >= 4 is 11.9 Å². The van der Waals surface area contributed by atoms with E-state index in [0.29, 0.717) is 5.88 Å². The Bertz CT molecular complexity index is 431. The van der Waals surface area contributed by atoms with Crippen LogP contribution in [0.5, 0.6) is 11.6 Å². The molecule has 0 amide bonds. The molecule has 0 aliphatic heterocycles. The molecule has 0 spiro atoms. The van der Waals surface area contributed by atoms with Gasteiger partial charge in [0.15, 0.2) is 0 Å². The highest BCUT2D eigenvalue weighted by atomic mass is 32.2. The fourth-order valence-corrected chi connectivity index (χ4v) is 1.69. The predicted molar refractivity (Wildman–Crippen MR) is 65.7 cm³/mol. The Balaban J connectivity index is 2.05. The summed E-state index contributed by atoms with van der Waals surface area (Å²) in [5, 5.41) is 0. The third kappa shape index (κ3) is 2.98. The maximum Gasteiger partial charge on any atom is 0.219 e. The lowest BCUT2D eigenvalue weighted by molar-refractivity contribution is 0.462. The van der Waals surface area contributed by atoms with E-state index < -0.39 is 0 Å². The summed E-state index contributed by atoms with van der Waals surface area (Å²) in [4.78, 5) is 5.27. The van der Waals surface area contributed by atoms with Crippen LogP contribution < -0.4 is 9.46 Å². The molecule has 2 aromatic rings. The Morgan fingerprint density at radius 2 is 1.94 bits per heavy atom. The van der Waals surface area contributed by atoms with Crippen LogP contribution in [-0.2, 0) is 0 Å². The maximum atomic E-state index is 5.57.